The standard InChI is InChI=1S/C11H10N2O4S2/c12-11(15)9-10(19(13,16)17)7(5-18-9)6-3-1-2-4-8(6)14/h1-5,14H,(H2,12,15)(H2,13,16,17). The maximum Gasteiger partial charge on any atom is 0.260 e. The first-order valence-corrected chi connectivity index (χ1v) is 7.47. The molecule has 0 aliphatic rings. The van der Waals surface area contributed by atoms with E-state index in [-0.39, 0.29) is 26.6 Å². The largest absolute Gasteiger partial charge is 0.507 e. The lowest BCUT2D eigenvalue weighted by molar-refractivity contribution is 0.100. The van der Waals surface area contributed by atoms with Crippen LogP contribution in [0.15, 0.2) is 34.5 Å². The Labute approximate surface area is 113 Å². The van der Waals surface area contributed by atoms with Crippen LogP contribution in [-0.4, -0.2) is 19.4 Å². The van der Waals surface area contributed by atoms with Crippen molar-refractivity contribution in [2.75, 3.05) is 0 Å². The lowest BCUT2D eigenvalue weighted by Gasteiger charge is -2.06. The van der Waals surface area contributed by atoms with E-state index < -0.39 is 15.9 Å². The first kappa shape index (κ1) is 13.5. The summed E-state index contributed by atoms with van der Waals surface area (Å²) in [5, 5.41) is 16.3. The van der Waals surface area contributed by atoms with E-state index in [2.05, 4.69) is 0 Å². The van der Waals surface area contributed by atoms with Gasteiger partial charge in [-0.2, -0.15) is 0 Å². The molecule has 0 atom stereocenters. The molecule has 2 rings (SSSR count). The Kier molecular flexibility index (Phi) is 3.31. The van der Waals surface area contributed by atoms with Crippen LogP contribution in [-0.2, 0) is 10.0 Å². The van der Waals surface area contributed by atoms with Crippen LogP contribution in [0.25, 0.3) is 11.1 Å². The number of aromatic hydroxyl groups is 1. The van der Waals surface area contributed by atoms with Crippen LogP contribution in [0, 0.1) is 0 Å². The molecule has 1 amide bonds. The molecule has 0 saturated heterocycles. The molecule has 0 radical (unpaired) electrons. The van der Waals surface area contributed by atoms with Gasteiger partial charge in [0.15, 0.2) is 0 Å². The van der Waals surface area contributed by atoms with E-state index in [0.29, 0.717) is 0 Å². The number of benzene rings is 1. The molecule has 2 aromatic rings. The number of phenols is 1. The Balaban J connectivity index is 2.80. The van der Waals surface area contributed by atoms with Crippen LogP contribution >= 0.6 is 11.3 Å². The zero-order chi connectivity index (χ0) is 14.2. The van der Waals surface area contributed by atoms with Crippen molar-refractivity contribution in [1.82, 2.24) is 0 Å². The Morgan fingerprint density at radius 1 is 1.21 bits per heavy atom. The fourth-order valence-corrected chi connectivity index (χ4v) is 3.90. The van der Waals surface area contributed by atoms with Crippen molar-refractivity contribution in [3.63, 3.8) is 0 Å². The first-order chi connectivity index (χ1) is 8.82. The van der Waals surface area contributed by atoms with Gasteiger partial charge in [-0.3, -0.25) is 4.79 Å². The fourth-order valence-electron chi connectivity index (χ4n) is 1.69. The summed E-state index contributed by atoms with van der Waals surface area (Å²) in [6, 6.07) is 6.15. The molecule has 5 N–H and O–H groups in total. The highest BCUT2D eigenvalue weighted by molar-refractivity contribution is 7.89. The van der Waals surface area contributed by atoms with Gasteiger partial charge in [-0.05, 0) is 6.07 Å². The maximum absolute atomic E-state index is 11.6. The van der Waals surface area contributed by atoms with E-state index >= 15 is 0 Å². The first-order valence-electron chi connectivity index (χ1n) is 5.05. The van der Waals surface area contributed by atoms with E-state index in [1.807, 2.05) is 0 Å². The second-order valence-electron chi connectivity index (χ2n) is 3.73. The third-order valence-electron chi connectivity index (χ3n) is 2.45. The summed E-state index contributed by atoms with van der Waals surface area (Å²) in [5.41, 5.74) is 5.57. The average Bonchev–Trinajstić information content (AvgIpc) is 2.73. The van der Waals surface area contributed by atoms with Crippen molar-refractivity contribution in [1.29, 1.82) is 0 Å². The summed E-state index contributed by atoms with van der Waals surface area (Å²) < 4.78 is 23.2. The number of sulfonamides is 1. The number of primary amides is 1. The smallest absolute Gasteiger partial charge is 0.260 e. The summed E-state index contributed by atoms with van der Waals surface area (Å²) in [7, 11) is -4.13. The molecule has 0 fully saturated rings. The predicted octanol–water partition coefficient (Wildman–Crippen LogP) is 0.867. The lowest BCUT2D eigenvalue weighted by Crippen LogP contribution is -2.19. The lowest BCUT2D eigenvalue weighted by atomic mass is 10.1. The van der Waals surface area contributed by atoms with Gasteiger partial charge < -0.3 is 10.8 Å². The van der Waals surface area contributed by atoms with Crippen molar-refractivity contribution >= 4 is 27.3 Å². The van der Waals surface area contributed by atoms with Gasteiger partial charge in [0.05, 0.1) is 0 Å². The van der Waals surface area contributed by atoms with Gasteiger partial charge in [-0.25, -0.2) is 13.6 Å². The minimum absolute atomic E-state index is 0.110. The van der Waals surface area contributed by atoms with Crippen molar-refractivity contribution < 1.29 is 18.3 Å². The second-order valence-corrected chi connectivity index (χ2v) is 6.11. The molecule has 1 aromatic carbocycles. The number of primary sulfonamides is 1. The zero-order valence-electron chi connectivity index (χ0n) is 9.53. The average molecular weight is 298 g/mol. The summed E-state index contributed by atoms with van der Waals surface area (Å²) in [4.78, 5) is 10.7. The van der Waals surface area contributed by atoms with E-state index in [0.717, 1.165) is 11.3 Å². The molecule has 0 unspecified atom stereocenters. The molecule has 8 heteroatoms. The minimum Gasteiger partial charge on any atom is -0.507 e. The van der Waals surface area contributed by atoms with Gasteiger partial charge in [0.25, 0.3) is 5.91 Å². The molecule has 19 heavy (non-hydrogen) atoms. The van der Waals surface area contributed by atoms with Crippen LogP contribution in [0.4, 0.5) is 0 Å². The number of rotatable bonds is 3. The van der Waals surface area contributed by atoms with Gasteiger partial charge in [-0.15, -0.1) is 11.3 Å². The van der Waals surface area contributed by atoms with Crippen LogP contribution in [0.2, 0.25) is 0 Å². The molecule has 1 heterocycles. The van der Waals surface area contributed by atoms with Crippen molar-refractivity contribution in [2.45, 2.75) is 4.90 Å². The van der Waals surface area contributed by atoms with Gasteiger partial charge in [0.2, 0.25) is 10.0 Å². The predicted molar refractivity (Wildman–Crippen MR) is 71.3 cm³/mol. The number of hydrogen-bond acceptors (Lipinski definition) is 5. The fraction of sp³-hybridized carbons (Fsp3) is 0. The van der Waals surface area contributed by atoms with E-state index in [1.165, 1.54) is 17.5 Å². The number of amides is 1. The minimum atomic E-state index is -4.13. The Morgan fingerprint density at radius 3 is 2.37 bits per heavy atom. The maximum atomic E-state index is 11.6. The molecular weight excluding hydrogens is 288 g/mol. The third-order valence-corrected chi connectivity index (χ3v) is 4.56. The monoisotopic (exact) mass is 298 g/mol. The number of carbonyl (C=O) groups excluding carboxylic acids is 1. The Bertz CT molecular complexity index is 750. The number of thiophene rings is 1. The molecule has 0 bridgehead atoms. The Hall–Kier alpha value is -1.90. The van der Waals surface area contributed by atoms with Gasteiger partial charge in [0.1, 0.15) is 15.5 Å². The summed E-state index contributed by atoms with van der Waals surface area (Å²) >= 11 is 0.870. The second kappa shape index (κ2) is 4.65. The molecule has 100 valence electrons. The summed E-state index contributed by atoms with van der Waals surface area (Å²) in [6.45, 7) is 0. The SMILES string of the molecule is NC(=O)c1scc(-c2ccccc2O)c1S(N)(=O)=O. The molecule has 1 aromatic heterocycles. The van der Waals surface area contributed by atoms with Gasteiger partial charge in [-0.1, -0.05) is 18.2 Å². The summed E-state index contributed by atoms with van der Waals surface area (Å²) in [6.07, 6.45) is 0. The molecule has 0 aliphatic heterocycles. The number of carbonyl (C=O) groups is 1. The topological polar surface area (TPSA) is 123 Å². The summed E-state index contributed by atoms with van der Waals surface area (Å²) in [5.74, 6) is -0.989. The van der Waals surface area contributed by atoms with E-state index in [9.17, 15) is 18.3 Å². The van der Waals surface area contributed by atoms with Crippen molar-refractivity contribution in [3.05, 3.63) is 34.5 Å². The van der Waals surface area contributed by atoms with Gasteiger partial charge >= 0.3 is 0 Å². The number of hydrogen-bond donors (Lipinski definition) is 3. The Morgan fingerprint density at radius 2 is 1.84 bits per heavy atom. The highest BCUT2D eigenvalue weighted by Crippen LogP contribution is 2.38. The number of para-hydroxylation sites is 1. The highest BCUT2D eigenvalue weighted by Gasteiger charge is 2.26. The van der Waals surface area contributed by atoms with Crippen LogP contribution in [0.3, 0.4) is 0 Å². The van der Waals surface area contributed by atoms with Crippen molar-refractivity contribution in [2.24, 2.45) is 10.9 Å². The highest BCUT2D eigenvalue weighted by atomic mass is 32.2. The molecule has 0 saturated carbocycles. The molecular formula is C11H10N2O4S2. The molecule has 6 nitrogen and oxygen atoms in total. The van der Waals surface area contributed by atoms with Gasteiger partial charge in [0, 0.05) is 16.5 Å². The van der Waals surface area contributed by atoms with Crippen LogP contribution in [0.1, 0.15) is 9.67 Å². The third kappa shape index (κ3) is 2.46. The van der Waals surface area contributed by atoms with E-state index in [4.69, 9.17) is 10.9 Å². The molecule has 0 aliphatic carbocycles. The number of phenolic OH excluding ortho intramolecular Hbond substituents is 1. The number of nitrogens with two attached hydrogens (primary N) is 2. The molecule has 0 spiro atoms. The van der Waals surface area contributed by atoms with Crippen molar-refractivity contribution in [3.8, 4) is 16.9 Å². The normalized spacial score (nSPS) is 11.4. The quantitative estimate of drug-likeness (QED) is 0.777. The van der Waals surface area contributed by atoms with E-state index in [1.54, 1.807) is 12.1 Å². The van der Waals surface area contributed by atoms with Crippen LogP contribution < -0.4 is 10.9 Å². The van der Waals surface area contributed by atoms with Crippen LogP contribution in [0.5, 0.6) is 5.75 Å². The zero-order valence-corrected chi connectivity index (χ0v) is 11.2.